The van der Waals surface area contributed by atoms with Crippen molar-refractivity contribution in [2.75, 3.05) is 0 Å². The van der Waals surface area contributed by atoms with Crippen LogP contribution in [0.4, 0.5) is 5.69 Å². The van der Waals surface area contributed by atoms with Gasteiger partial charge in [-0.05, 0) is 52.7 Å². The first-order valence-corrected chi connectivity index (χ1v) is 7.60. The van der Waals surface area contributed by atoms with Crippen molar-refractivity contribution >= 4 is 11.7 Å². The summed E-state index contributed by atoms with van der Waals surface area (Å²) >= 11 is 0. The number of carbonyl (C=O) groups excluding carboxylic acids is 1. The smallest absolute Gasteiger partial charge is 0.311 e. The average Bonchev–Trinajstić information content (AvgIpc) is 2.43. The van der Waals surface area contributed by atoms with Gasteiger partial charge in [0.1, 0.15) is 12.2 Å². The molecule has 6 heteroatoms. The molecule has 0 atom stereocenters. The van der Waals surface area contributed by atoms with Crippen molar-refractivity contribution in [3.63, 3.8) is 0 Å². The molecule has 0 radical (unpaired) electrons. The molecular formula is C17H25NO5. The van der Waals surface area contributed by atoms with Crippen molar-refractivity contribution in [3.05, 3.63) is 33.9 Å². The third-order valence-corrected chi connectivity index (χ3v) is 3.44. The van der Waals surface area contributed by atoms with Crippen LogP contribution < -0.4 is 4.74 Å². The van der Waals surface area contributed by atoms with E-state index in [4.69, 9.17) is 9.47 Å². The second-order valence-electron chi connectivity index (χ2n) is 7.09. The van der Waals surface area contributed by atoms with Crippen LogP contribution in [0.3, 0.4) is 0 Å². The van der Waals surface area contributed by atoms with Gasteiger partial charge in [-0.1, -0.05) is 13.0 Å². The minimum absolute atomic E-state index is 0.00109. The number of hydrogen-bond acceptors (Lipinski definition) is 5. The topological polar surface area (TPSA) is 78.7 Å². The highest BCUT2D eigenvalue weighted by Crippen LogP contribution is 2.31. The van der Waals surface area contributed by atoms with Crippen LogP contribution >= 0.6 is 0 Å². The number of nitro groups is 1. The van der Waals surface area contributed by atoms with Gasteiger partial charge in [-0.3, -0.25) is 14.9 Å². The van der Waals surface area contributed by atoms with Crippen LogP contribution in [-0.4, -0.2) is 16.5 Å². The standard InChI is InChI=1S/C17H25NO5/c1-7-17(5,6)15(19)22-11-12-8-9-14(23-16(2,3)4)13(10-12)18(20)21/h8-10H,7,11H2,1-6H3. The predicted molar refractivity (Wildman–Crippen MR) is 87.3 cm³/mol. The molecule has 1 rings (SSSR count). The first-order valence-electron chi connectivity index (χ1n) is 7.60. The normalized spacial score (nSPS) is 11.9. The summed E-state index contributed by atoms with van der Waals surface area (Å²) < 4.78 is 10.9. The molecule has 0 aliphatic carbocycles. The number of carbonyl (C=O) groups is 1. The van der Waals surface area contributed by atoms with Gasteiger partial charge < -0.3 is 9.47 Å². The highest BCUT2D eigenvalue weighted by molar-refractivity contribution is 5.75. The van der Waals surface area contributed by atoms with Crippen LogP contribution in [-0.2, 0) is 16.1 Å². The summed E-state index contributed by atoms with van der Waals surface area (Å²) in [5, 5.41) is 11.2. The summed E-state index contributed by atoms with van der Waals surface area (Å²) in [6.45, 7) is 11.0. The van der Waals surface area contributed by atoms with Gasteiger partial charge in [-0.25, -0.2) is 0 Å². The Bertz CT molecular complexity index is 587. The van der Waals surface area contributed by atoms with E-state index in [-0.39, 0.29) is 24.0 Å². The Kier molecular flexibility index (Phi) is 5.75. The van der Waals surface area contributed by atoms with Gasteiger partial charge in [0, 0.05) is 6.07 Å². The highest BCUT2D eigenvalue weighted by Gasteiger charge is 2.27. The molecule has 0 unspecified atom stereocenters. The summed E-state index contributed by atoms with van der Waals surface area (Å²) in [5.74, 6) is -0.121. The van der Waals surface area contributed by atoms with Crippen molar-refractivity contribution in [1.29, 1.82) is 0 Å². The predicted octanol–water partition coefficient (Wildman–Crippen LogP) is 4.25. The van der Waals surface area contributed by atoms with Crippen LogP contribution in [0.1, 0.15) is 53.5 Å². The van der Waals surface area contributed by atoms with Crippen LogP contribution in [0, 0.1) is 15.5 Å². The third kappa shape index (κ3) is 5.54. The summed E-state index contributed by atoms with van der Waals surface area (Å²) in [7, 11) is 0. The molecule has 0 saturated carbocycles. The lowest BCUT2D eigenvalue weighted by Gasteiger charge is -2.22. The van der Waals surface area contributed by atoms with E-state index in [2.05, 4.69) is 0 Å². The SMILES string of the molecule is CCC(C)(C)C(=O)OCc1ccc(OC(C)(C)C)c([N+](=O)[O-])c1. The molecule has 0 fully saturated rings. The molecule has 0 aliphatic heterocycles. The molecule has 128 valence electrons. The molecule has 0 N–H and O–H groups in total. The van der Waals surface area contributed by atoms with Gasteiger partial charge in [0.25, 0.3) is 0 Å². The Hall–Kier alpha value is -2.11. The van der Waals surface area contributed by atoms with Crippen molar-refractivity contribution < 1.29 is 19.2 Å². The second kappa shape index (κ2) is 6.98. The summed E-state index contributed by atoms with van der Waals surface area (Å²) in [6, 6.07) is 4.59. The monoisotopic (exact) mass is 323 g/mol. The van der Waals surface area contributed by atoms with E-state index < -0.39 is 15.9 Å². The fourth-order valence-corrected chi connectivity index (χ4v) is 1.70. The van der Waals surface area contributed by atoms with Crippen LogP contribution in [0.15, 0.2) is 18.2 Å². The Morgan fingerprint density at radius 1 is 1.22 bits per heavy atom. The highest BCUT2D eigenvalue weighted by atomic mass is 16.6. The maximum Gasteiger partial charge on any atom is 0.311 e. The Morgan fingerprint density at radius 3 is 2.30 bits per heavy atom. The van der Waals surface area contributed by atoms with E-state index in [0.717, 1.165) is 0 Å². The van der Waals surface area contributed by atoms with Crippen molar-refractivity contribution in [2.24, 2.45) is 5.41 Å². The van der Waals surface area contributed by atoms with Gasteiger partial charge >= 0.3 is 11.7 Å². The number of nitrogens with zero attached hydrogens (tertiary/aromatic N) is 1. The minimum atomic E-state index is -0.568. The molecule has 0 saturated heterocycles. The summed E-state index contributed by atoms with van der Waals surface area (Å²) in [4.78, 5) is 22.7. The molecule has 6 nitrogen and oxygen atoms in total. The number of esters is 1. The van der Waals surface area contributed by atoms with Crippen LogP contribution in [0.5, 0.6) is 5.75 Å². The largest absolute Gasteiger partial charge is 0.481 e. The van der Waals surface area contributed by atoms with E-state index in [1.807, 2.05) is 27.7 Å². The number of ether oxygens (including phenoxy) is 2. The molecule has 0 aromatic heterocycles. The number of hydrogen-bond donors (Lipinski definition) is 0. The lowest BCUT2D eigenvalue weighted by molar-refractivity contribution is -0.386. The summed E-state index contributed by atoms with van der Waals surface area (Å²) in [5.41, 5.74) is -0.688. The molecule has 0 amide bonds. The molecule has 0 heterocycles. The van der Waals surface area contributed by atoms with E-state index in [0.29, 0.717) is 12.0 Å². The first kappa shape index (κ1) is 18.9. The van der Waals surface area contributed by atoms with Crippen molar-refractivity contribution in [2.45, 2.75) is 60.2 Å². The first-order chi connectivity index (χ1) is 10.5. The maximum atomic E-state index is 12.0. The number of rotatable bonds is 6. The van der Waals surface area contributed by atoms with Crippen molar-refractivity contribution in [3.8, 4) is 5.75 Å². The Morgan fingerprint density at radius 2 is 1.83 bits per heavy atom. The third-order valence-electron chi connectivity index (χ3n) is 3.44. The fraction of sp³-hybridized carbons (Fsp3) is 0.588. The van der Waals surface area contributed by atoms with Gasteiger partial charge in [0.05, 0.1) is 10.3 Å². The maximum absolute atomic E-state index is 12.0. The van der Waals surface area contributed by atoms with E-state index in [1.165, 1.54) is 12.1 Å². The van der Waals surface area contributed by atoms with Gasteiger partial charge in [-0.2, -0.15) is 0 Å². The zero-order chi connectivity index (χ0) is 17.8. The lowest BCUT2D eigenvalue weighted by atomic mass is 9.91. The molecule has 0 aliphatic rings. The Labute approximate surface area is 136 Å². The molecular weight excluding hydrogens is 298 g/mol. The zero-order valence-electron chi connectivity index (χ0n) is 14.6. The minimum Gasteiger partial charge on any atom is -0.481 e. The van der Waals surface area contributed by atoms with E-state index >= 15 is 0 Å². The van der Waals surface area contributed by atoms with Crippen molar-refractivity contribution in [1.82, 2.24) is 0 Å². The molecule has 23 heavy (non-hydrogen) atoms. The molecule has 0 bridgehead atoms. The van der Waals surface area contributed by atoms with Crippen LogP contribution in [0.2, 0.25) is 0 Å². The van der Waals surface area contributed by atoms with Gasteiger partial charge in [0.2, 0.25) is 0 Å². The van der Waals surface area contributed by atoms with Gasteiger partial charge in [0.15, 0.2) is 5.75 Å². The molecule has 0 spiro atoms. The zero-order valence-corrected chi connectivity index (χ0v) is 14.6. The van der Waals surface area contributed by atoms with Gasteiger partial charge in [-0.15, -0.1) is 0 Å². The number of benzene rings is 1. The quantitative estimate of drug-likeness (QED) is 0.444. The van der Waals surface area contributed by atoms with E-state index in [1.54, 1.807) is 19.9 Å². The lowest BCUT2D eigenvalue weighted by Crippen LogP contribution is -2.25. The molecule has 1 aromatic carbocycles. The second-order valence-corrected chi connectivity index (χ2v) is 7.09. The summed E-state index contributed by atoms with van der Waals surface area (Å²) in [6.07, 6.45) is 0.657. The molecule has 1 aromatic rings. The Balaban J connectivity index is 2.93. The van der Waals surface area contributed by atoms with E-state index in [9.17, 15) is 14.9 Å². The average molecular weight is 323 g/mol. The fourth-order valence-electron chi connectivity index (χ4n) is 1.70. The van der Waals surface area contributed by atoms with Crippen LogP contribution in [0.25, 0.3) is 0 Å². The number of nitro benzene ring substituents is 1.